The third kappa shape index (κ3) is 4.35. The zero-order valence-corrected chi connectivity index (χ0v) is 17.2. The minimum absolute atomic E-state index is 0.00365. The van der Waals surface area contributed by atoms with Gasteiger partial charge in [-0.2, -0.15) is 18.2 Å². The molecular weight excluding hydrogens is 445 g/mol. The molecule has 0 radical (unpaired) electrons. The number of sulfonamides is 1. The van der Waals surface area contributed by atoms with Crippen molar-refractivity contribution in [3.05, 3.63) is 47.0 Å². The molecule has 8 nitrogen and oxygen atoms in total. The second-order valence-electron chi connectivity index (χ2n) is 6.36. The number of aromatic amines is 1. The van der Waals surface area contributed by atoms with Gasteiger partial charge in [-0.3, -0.25) is 0 Å². The number of rotatable bonds is 5. The summed E-state index contributed by atoms with van der Waals surface area (Å²) in [7, 11) is -1.20. The van der Waals surface area contributed by atoms with E-state index in [4.69, 9.17) is 17.3 Å². The van der Waals surface area contributed by atoms with E-state index in [1.54, 1.807) is 0 Å². The number of nitrogens with two attached hydrogens (primary N) is 1. The minimum Gasteiger partial charge on any atom is -0.368 e. The Labute approximate surface area is 174 Å². The van der Waals surface area contributed by atoms with Crippen molar-refractivity contribution in [1.29, 1.82) is 0 Å². The predicted octanol–water partition coefficient (Wildman–Crippen LogP) is 3.72. The van der Waals surface area contributed by atoms with Gasteiger partial charge in [-0.1, -0.05) is 23.7 Å². The second kappa shape index (κ2) is 7.78. The maximum absolute atomic E-state index is 13.8. The number of nitrogen functional groups attached to an aromatic ring is 1. The summed E-state index contributed by atoms with van der Waals surface area (Å²) in [6.07, 6.45) is -4.77. The number of nitrogens with zero attached hydrogens (tertiary/aromatic N) is 3. The third-order valence-corrected chi connectivity index (χ3v) is 6.16. The van der Waals surface area contributed by atoms with Gasteiger partial charge in [-0.15, -0.1) is 5.10 Å². The highest BCUT2D eigenvalue weighted by atomic mass is 35.5. The maximum Gasteiger partial charge on any atom is 0.417 e. The Morgan fingerprint density at radius 2 is 1.90 bits per heavy atom. The van der Waals surface area contributed by atoms with E-state index in [0.717, 1.165) is 16.4 Å². The zero-order chi connectivity index (χ0) is 22.3. The number of hydrogen-bond donors (Lipinski definition) is 3. The maximum atomic E-state index is 13.8. The summed E-state index contributed by atoms with van der Waals surface area (Å²) in [6.45, 7) is 0. The molecule has 3 rings (SSSR count). The molecule has 2 aromatic carbocycles. The highest BCUT2D eigenvalue weighted by Gasteiger charge is 2.35. The molecule has 13 heteroatoms. The van der Waals surface area contributed by atoms with Crippen LogP contribution >= 0.6 is 11.6 Å². The third-order valence-electron chi connectivity index (χ3n) is 4.06. The molecule has 0 aliphatic carbocycles. The van der Waals surface area contributed by atoms with Crippen LogP contribution in [0.5, 0.6) is 0 Å². The smallest absolute Gasteiger partial charge is 0.368 e. The highest BCUT2D eigenvalue weighted by Crippen LogP contribution is 2.43. The van der Waals surface area contributed by atoms with E-state index < -0.39 is 21.8 Å². The van der Waals surface area contributed by atoms with Crippen molar-refractivity contribution in [2.75, 3.05) is 25.1 Å². The van der Waals surface area contributed by atoms with Crippen LogP contribution in [0.2, 0.25) is 5.02 Å². The number of halogens is 4. The Morgan fingerprint density at radius 1 is 1.20 bits per heavy atom. The summed E-state index contributed by atoms with van der Waals surface area (Å²) in [6, 6.07) is 7.24. The van der Waals surface area contributed by atoms with Gasteiger partial charge in [0.2, 0.25) is 21.9 Å². The molecule has 0 bridgehead atoms. The molecule has 0 aliphatic rings. The SMILES string of the molecule is CN(C)S(=O)(=O)c1cccc(-c2c(Cl)cc(Nc3n[nH]c(N)n3)cc2C(F)(F)F)c1. The molecule has 0 saturated carbocycles. The molecule has 1 aromatic heterocycles. The van der Waals surface area contributed by atoms with Crippen molar-refractivity contribution >= 4 is 39.2 Å². The van der Waals surface area contributed by atoms with Crippen molar-refractivity contribution in [2.24, 2.45) is 0 Å². The van der Waals surface area contributed by atoms with Crippen LogP contribution in [-0.2, 0) is 16.2 Å². The molecule has 0 amide bonds. The monoisotopic (exact) mass is 460 g/mol. The van der Waals surface area contributed by atoms with Gasteiger partial charge >= 0.3 is 6.18 Å². The Morgan fingerprint density at radius 3 is 2.47 bits per heavy atom. The summed E-state index contributed by atoms with van der Waals surface area (Å²) < 4.78 is 67.2. The Hall–Kier alpha value is -2.83. The molecule has 30 heavy (non-hydrogen) atoms. The van der Waals surface area contributed by atoms with Gasteiger partial charge in [-0.25, -0.2) is 17.8 Å². The van der Waals surface area contributed by atoms with E-state index in [-0.39, 0.29) is 38.6 Å². The topological polar surface area (TPSA) is 117 Å². The number of benzene rings is 2. The number of anilines is 3. The van der Waals surface area contributed by atoms with Gasteiger partial charge in [0, 0.05) is 25.3 Å². The first-order chi connectivity index (χ1) is 13.9. The van der Waals surface area contributed by atoms with Gasteiger partial charge in [-0.05, 0) is 29.8 Å². The lowest BCUT2D eigenvalue weighted by Crippen LogP contribution is -2.22. The highest BCUT2D eigenvalue weighted by molar-refractivity contribution is 7.89. The summed E-state index contributed by atoms with van der Waals surface area (Å²) in [4.78, 5) is 3.61. The van der Waals surface area contributed by atoms with Crippen molar-refractivity contribution in [3.8, 4) is 11.1 Å². The molecular formula is C17H16ClF3N6O2S. The number of alkyl halides is 3. The van der Waals surface area contributed by atoms with Crippen molar-refractivity contribution in [3.63, 3.8) is 0 Å². The summed E-state index contributed by atoms with van der Waals surface area (Å²) in [5.74, 6) is -0.0568. The Balaban J connectivity index is 2.15. The van der Waals surface area contributed by atoms with Crippen LogP contribution in [0.25, 0.3) is 11.1 Å². The molecule has 160 valence electrons. The lowest BCUT2D eigenvalue weighted by molar-refractivity contribution is -0.137. The molecule has 4 N–H and O–H groups in total. The summed E-state index contributed by atoms with van der Waals surface area (Å²) in [5.41, 5.74) is 3.98. The fraction of sp³-hybridized carbons (Fsp3) is 0.176. The van der Waals surface area contributed by atoms with Crippen LogP contribution in [0.1, 0.15) is 5.56 Å². The predicted molar refractivity (Wildman–Crippen MR) is 107 cm³/mol. The van der Waals surface area contributed by atoms with Gasteiger partial charge in [0.05, 0.1) is 15.5 Å². The van der Waals surface area contributed by atoms with Crippen molar-refractivity contribution < 1.29 is 21.6 Å². The lowest BCUT2D eigenvalue weighted by atomic mass is 9.98. The fourth-order valence-corrected chi connectivity index (χ4v) is 3.95. The average molecular weight is 461 g/mol. The largest absolute Gasteiger partial charge is 0.417 e. The zero-order valence-electron chi connectivity index (χ0n) is 15.6. The number of H-pyrrole nitrogens is 1. The van der Waals surface area contributed by atoms with Gasteiger partial charge in [0.25, 0.3) is 0 Å². The second-order valence-corrected chi connectivity index (χ2v) is 8.92. The van der Waals surface area contributed by atoms with E-state index in [2.05, 4.69) is 20.5 Å². The van der Waals surface area contributed by atoms with Crippen LogP contribution in [-0.4, -0.2) is 42.0 Å². The summed E-state index contributed by atoms with van der Waals surface area (Å²) in [5, 5.41) is 8.40. The van der Waals surface area contributed by atoms with Gasteiger partial charge in [0.1, 0.15) is 0 Å². The van der Waals surface area contributed by atoms with Gasteiger partial charge < -0.3 is 11.1 Å². The van der Waals surface area contributed by atoms with Crippen LogP contribution < -0.4 is 11.1 Å². The van der Waals surface area contributed by atoms with Gasteiger partial charge in [0.15, 0.2) is 0 Å². The number of nitrogens with one attached hydrogen (secondary N) is 2. The van der Waals surface area contributed by atoms with Crippen molar-refractivity contribution in [1.82, 2.24) is 19.5 Å². The lowest BCUT2D eigenvalue weighted by Gasteiger charge is -2.18. The Bertz CT molecular complexity index is 1190. The standard InChI is InChI=1S/C17H16ClF3N6O2S/c1-27(2)30(28,29)11-5-3-4-9(6-11)14-12(17(19,20)21)7-10(8-13(14)18)23-16-24-15(22)25-26-16/h3-8H,1-2H3,(H4,22,23,24,25,26). The van der Waals surface area contributed by atoms with E-state index in [1.807, 2.05) is 0 Å². The molecule has 0 saturated heterocycles. The molecule has 0 atom stereocenters. The summed E-state index contributed by atoms with van der Waals surface area (Å²) >= 11 is 6.20. The van der Waals surface area contributed by atoms with E-state index >= 15 is 0 Å². The molecule has 1 heterocycles. The molecule has 3 aromatic rings. The minimum atomic E-state index is -4.77. The molecule has 0 spiro atoms. The van der Waals surface area contributed by atoms with E-state index in [0.29, 0.717) is 0 Å². The van der Waals surface area contributed by atoms with Crippen LogP contribution in [0, 0.1) is 0 Å². The van der Waals surface area contributed by atoms with Crippen LogP contribution in [0.15, 0.2) is 41.3 Å². The Kier molecular flexibility index (Phi) is 5.67. The quantitative estimate of drug-likeness (QED) is 0.534. The van der Waals surface area contributed by atoms with E-state index in [9.17, 15) is 21.6 Å². The molecule has 0 aliphatic heterocycles. The first-order valence-electron chi connectivity index (χ1n) is 8.28. The molecule has 0 fully saturated rings. The first kappa shape index (κ1) is 21.9. The van der Waals surface area contributed by atoms with Crippen LogP contribution in [0.4, 0.5) is 30.8 Å². The van der Waals surface area contributed by atoms with Crippen LogP contribution in [0.3, 0.4) is 0 Å². The van der Waals surface area contributed by atoms with E-state index in [1.165, 1.54) is 38.4 Å². The number of aromatic nitrogens is 3. The first-order valence-corrected chi connectivity index (χ1v) is 10.1. The van der Waals surface area contributed by atoms with Crippen molar-refractivity contribution in [2.45, 2.75) is 11.1 Å². The fourth-order valence-electron chi connectivity index (χ4n) is 2.68. The molecule has 0 unspecified atom stereocenters. The normalized spacial score (nSPS) is 12.4. The average Bonchev–Trinajstić information content (AvgIpc) is 3.05. The number of hydrogen-bond acceptors (Lipinski definition) is 6.